The molecule has 0 aliphatic carbocycles. The number of nitrogens with zero attached hydrogens (tertiary/aromatic N) is 4. The van der Waals surface area contributed by atoms with Gasteiger partial charge in [-0.2, -0.15) is 10.5 Å². The maximum absolute atomic E-state index is 12.3. The summed E-state index contributed by atoms with van der Waals surface area (Å²) in [7, 11) is 0. The summed E-state index contributed by atoms with van der Waals surface area (Å²) in [6.45, 7) is 1.97. The number of amides is 2. The minimum Gasteiger partial charge on any atom is -0.316 e. The Morgan fingerprint density at radius 1 is 1.27 bits per heavy atom. The molecule has 1 aliphatic heterocycles. The quantitative estimate of drug-likeness (QED) is 0.782. The van der Waals surface area contributed by atoms with Gasteiger partial charge in [0.05, 0.1) is 18.1 Å². The number of carbonyl (C=O) groups excluding carboxylic acids is 2. The van der Waals surface area contributed by atoms with Crippen molar-refractivity contribution in [2.24, 2.45) is 5.92 Å². The first-order valence-electron chi connectivity index (χ1n) is 6.96. The predicted octanol–water partition coefficient (Wildman–Crippen LogP) is 1.22. The molecule has 0 bridgehead atoms. The van der Waals surface area contributed by atoms with E-state index in [0.29, 0.717) is 0 Å². The second kappa shape index (κ2) is 6.73. The van der Waals surface area contributed by atoms with Gasteiger partial charge in [-0.25, -0.2) is 0 Å². The zero-order chi connectivity index (χ0) is 16.1. The summed E-state index contributed by atoms with van der Waals surface area (Å²) >= 11 is 0. The first kappa shape index (κ1) is 15.5. The van der Waals surface area contributed by atoms with Crippen LogP contribution in [0.15, 0.2) is 24.3 Å². The molecular formula is C16H16N4O2. The van der Waals surface area contributed by atoms with Crippen LogP contribution in [0.25, 0.3) is 0 Å². The SMILES string of the molecule is Cc1ccc(N2C[C@H](C(=O)N(CC#N)CC#N)CC2=O)cc1. The van der Waals surface area contributed by atoms with Crippen LogP contribution in [0.5, 0.6) is 0 Å². The molecule has 1 aromatic rings. The molecule has 6 nitrogen and oxygen atoms in total. The lowest BCUT2D eigenvalue weighted by atomic mass is 10.1. The molecule has 0 saturated carbocycles. The van der Waals surface area contributed by atoms with Gasteiger partial charge in [0.2, 0.25) is 11.8 Å². The molecule has 1 atom stereocenters. The molecule has 22 heavy (non-hydrogen) atoms. The molecule has 2 amide bonds. The van der Waals surface area contributed by atoms with Crippen LogP contribution in [0.2, 0.25) is 0 Å². The Kier molecular flexibility index (Phi) is 4.75. The van der Waals surface area contributed by atoms with Crippen molar-refractivity contribution in [1.29, 1.82) is 10.5 Å². The van der Waals surface area contributed by atoms with Gasteiger partial charge in [0.1, 0.15) is 13.1 Å². The number of benzene rings is 1. The van der Waals surface area contributed by atoms with E-state index in [1.54, 1.807) is 4.90 Å². The monoisotopic (exact) mass is 296 g/mol. The van der Waals surface area contributed by atoms with Gasteiger partial charge >= 0.3 is 0 Å². The number of anilines is 1. The third-order valence-electron chi connectivity index (χ3n) is 3.65. The van der Waals surface area contributed by atoms with E-state index in [9.17, 15) is 9.59 Å². The van der Waals surface area contributed by atoms with Crippen molar-refractivity contribution in [2.45, 2.75) is 13.3 Å². The zero-order valence-corrected chi connectivity index (χ0v) is 12.3. The fourth-order valence-electron chi connectivity index (χ4n) is 2.49. The van der Waals surface area contributed by atoms with Gasteiger partial charge in [-0.05, 0) is 19.1 Å². The highest BCUT2D eigenvalue weighted by atomic mass is 16.2. The van der Waals surface area contributed by atoms with E-state index in [2.05, 4.69) is 0 Å². The third-order valence-corrected chi connectivity index (χ3v) is 3.65. The molecule has 6 heteroatoms. The highest BCUT2D eigenvalue weighted by molar-refractivity contribution is 6.00. The van der Waals surface area contributed by atoms with E-state index in [1.807, 2.05) is 43.3 Å². The van der Waals surface area contributed by atoms with E-state index in [0.717, 1.165) is 11.3 Å². The predicted molar refractivity (Wildman–Crippen MR) is 79.4 cm³/mol. The standard InChI is InChI=1S/C16H16N4O2/c1-12-2-4-14(5-3-12)20-11-13(10-15(20)21)16(22)19(8-6-17)9-7-18/h2-5,13H,8-11H2,1H3/t13-/m1/s1. The van der Waals surface area contributed by atoms with Gasteiger partial charge in [0, 0.05) is 18.7 Å². The molecule has 1 saturated heterocycles. The second-order valence-corrected chi connectivity index (χ2v) is 5.25. The zero-order valence-electron chi connectivity index (χ0n) is 12.3. The van der Waals surface area contributed by atoms with Crippen LogP contribution in [0.3, 0.4) is 0 Å². The van der Waals surface area contributed by atoms with Crippen LogP contribution in [0.1, 0.15) is 12.0 Å². The van der Waals surface area contributed by atoms with E-state index in [4.69, 9.17) is 10.5 Å². The Morgan fingerprint density at radius 2 is 1.86 bits per heavy atom. The Labute approximate surface area is 129 Å². The number of nitriles is 2. The van der Waals surface area contributed by atoms with Crippen LogP contribution in [-0.4, -0.2) is 36.3 Å². The average Bonchev–Trinajstić information content (AvgIpc) is 2.89. The van der Waals surface area contributed by atoms with Crippen LogP contribution in [0, 0.1) is 35.5 Å². The van der Waals surface area contributed by atoms with E-state index >= 15 is 0 Å². The first-order chi connectivity index (χ1) is 10.6. The summed E-state index contributed by atoms with van der Waals surface area (Å²) in [5.41, 5.74) is 1.86. The van der Waals surface area contributed by atoms with Crippen molar-refractivity contribution in [2.75, 3.05) is 24.5 Å². The molecule has 1 fully saturated rings. The molecule has 1 heterocycles. The minimum atomic E-state index is -0.504. The molecule has 0 aromatic heterocycles. The fourth-order valence-corrected chi connectivity index (χ4v) is 2.49. The van der Waals surface area contributed by atoms with E-state index in [-0.39, 0.29) is 37.9 Å². The van der Waals surface area contributed by atoms with Gasteiger partial charge < -0.3 is 9.80 Å². The van der Waals surface area contributed by atoms with Crippen molar-refractivity contribution < 1.29 is 9.59 Å². The second-order valence-electron chi connectivity index (χ2n) is 5.25. The average molecular weight is 296 g/mol. The Hall–Kier alpha value is -2.86. The third kappa shape index (κ3) is 3.24. The summed E-state index contributed by atoms with van der Waals surface area (Å²) in [6.07, 6.45) is 0.111. The Bertz CT molecular complexity index is 638. The van der Waals surface area contributed by atoms with Crippen molar-refractivity contribution in [3.63, 3.8) is 0 Å². The molecule has 112 valence electrons. The van der Waals surface area contributed by atoms with Gasteiger partial charge in [-0.1, -0.05) is 17.7 Å². The summed E-state index contributed by atoms with van der Waals surface area (Å²) in [5, 5.41) is 17.5. The van der Waals surface area contributed by atoms with Gasteiger partial charge in [-0.15, -0.1) is 0 Å². The van der Waals surface area contributed by atoms with Crippen molar-refractivity contribution >= 4 is 17.5 Å². The van der Waals surface area contributed by atoms with Crippen LogP contribution < -0.4 is 4.90 Å². The molecule has 0 N–H and O–H groups in total. The molecule has 0 unspecified atom stereocenters. The number of rotatable bonds is 4. The molecule has 0 radical (unpaired) electrons. The normalized spacial score (nSPS) is 17.0. The smallest absolute Gasteiger partial charge is 0.229 e. The Morgan fingerprint density at radius 3 is 2.41 bits per heavy atom. The van der Waals surface area contributed by atoms with Gasteiger partial charge in [-0.3, -0.25) is 9.59 Å². The number of aryl methyl sites for hydroxylation is 1. The summed E-state index contributed by atoms with van der Waals surface area (Å²) in [5.74, 6) is -0.933. The Balaban J connectivity index is 2.11. The molecular weight excluding hydrogens is 280 g/mol. The minimum absolute atomic E-state index is 0.111. The molecule has 0 spiro atoms. The lowest BCUT2D eigenvalue weighted by Gasteiger charge is -2.20. The topological polar surface area (TPSA) is 88.2 Å². The highest BCUT2D eigenvalue weighted by Crippen LogP contribution is 2.26. The van der Waals surface area contributed by atoms with E-state index in [1.165, 1.54) is 4.90 Å². The lowest BCUT2D eigenvalue weighted by Crippen LogP contribution is -2.38. The number of carbonyl (C=O) groups is 2. The first-order valence-corrected chi connectivity index (χ1v) is 6.96. The highest BCUT2D eigenvalue weighted by Gasteiger charge is 2.37. The number of hydrogen-bond acceptors (Lipinski definition) is 4. The summed E-state index contributed by atoms with van der Waals surface area (Å²) < 4.78 is 0. The van der Waals surface area contributed by atoms with Crippen molar-refractivity contribution in [3.05, 3.63) is 29.8 Å². The maximum atomic E-state index is 12.3. The van der Waals surface area contributed by atoms with Crippen LogP contribution in [-0.2, 0) is 9.59 Å². The largest absolute Gasteiger partial charge is 0.316 e. The van der Waals surface area contributed by atoms with Crippen LogP contribution in [0.4, 0.5) is 5.69 Å². The van der Waals surface area contributed by atoms with Crippen molar-refractivity contribution in [3.8, 4) is 12.1 Å². The van der Waals surface area contributed by atoms with Gasteiger partial charge in [0.15, 0.2) is 0 Å². The number of hydrogen-bond donors (Lipinski definition) is 0. The summed E-state index contributed by atoms with van der Waals surface area (Å²) in [6, 6.07) is 11.3. The lowest BCUT2D eigenvalue weighted by molar-refractivity contribution is -0.134. The molecule has 2 rings (SSSR count). The van der Waals surface area contributed by atoms with Gasteiger partial charge in [0.25, 0.3) is 0 Å². The van der Waals surface area contributed by atoms with Crippen LogP contribution >= 0.6 is 0 Å². The molecule has 1 aliphatic rings. The summed E-state index contributed by atoms with van der Waals surface area (Å²) in [4.78, 5) is 27.3. The maximum Gasteiger partial charge on any atom is 0.229 e. The molecule has 1 aromatic carbocycles. The van der Waals surface area contributed by atoms with Crippen molar-refractivity contribution in [1.82, 2.24) is 4.90 Å². The van der Waals surface area contributed by atoms with E-state index < -0.39 is 5.92 Å². The fraction of sp³-hybridized carbons (Fsp3) is 0.375.